The van der Waals surface area contributed by atoms with Gasteiger partial charge in [-0.25, -0.2) is 4.98 Å². The van der Waals surface area contributed by atoms with Crippen LogP contribution in [0.1, 0.15) is 31.7 Å². The van der Waals surface area contributed by atoms with Crippen molar-refractivity contribution in [1.29, 1.82) is 0 Å². The zero-order valence-electron chi connectivity index (χ0n) is 13.8. The average Bonchev–Trinajstić information content (AvgIpc) is 3.03. The third-order valence-electron chi connectivity index (χ3n) is 3.98. The molecule has 0 saturated heterocycles. The minimum atomic E-state index is -0.0574. The van der Waals surface area contributed by atoms with Crippen molar-refractivity contribution in [2.45, 2.75) is 31.4 Å². The fourth-order valence-corrected chi connectivity index (χ4v) is 3.13. The third-order valence-corrected chi connectivity index (χ3v) is 4.81. The van der Waals surface area contributed by atoms with Gasteiger partial charge in [-0.15, -0.1) is 0 Å². The smallest absolute Gasteiger partial charge is 0.257 e. The van der Waals surface area contributed by atoms with Crippen LogP contribution in [0.5, 0.6) is 0 Å². The first-order valence-corrected chi connectivity index (χ1v) is 9.03. The second-order valence-electron chi connectivity index (χ2n) is 5.68. The highest BCUT2D eigenvalue weighted by atomic mass is 32.2. The number of para-hydroxylation sites is 3. The van der Waals surface area contributed by atoms with E-state index >= 15 is 0 Å². The monoisotopic (exact) mass is 340 g/mol. The van der Waals surface area contributed by atoms with Gasteiger partial charge in [0.15, 0.2) is 5.58 Å². The molecule has 1 N–H and O–H groups in total. The maximum atomic E-state index is 12.3. The second kappa shape index (κ2) is 7.53. The van der Waals surface area contributed by atoms with Crippen molar-refractivity contribution in [3.05, 3.63) is 54.1 Å². The minimum absolute atomic E-state index is 0.0574. The Morgan fingerprint density at radius 2 is 1.96 bits per heavy atom. The second-order valence-corrected chi connectivity index (χ2v) is 6.61. The zero-order valence-corrected chi connectivity index (χ0v) is 14.6. The SMILES string of the molecule is CC[C@@H](C)c1ccccc1NC(=O)CSc1nc2ccccc2o1. The molecule has 1 atom stereocenters. The molecule has 0 spiro atoms. The van der Waals surface area contributed by atoms with Gasteiger partial charge >= 0.3 is 0 Å². The molecule has 0 unspecified atom stereocenters. The molecule has 3 aromatic rings. The van der Waals surface area contributed by atoms with Crippen LogP contribution in [0.2, 0.25) is 0 Å². The van der Waals surface area contributed by atoms with E-state index in [1.807, 2.05) is 42.5 Å². The summed E-state index contributed by atoms with van der Waals surface area (Å²) in [5.41, 5.74) is 3.60. The lowest BCUT2D eigenvalue weighted by Crippen LogP contribution is -2.15. The van der Waals surface area contributed by atoms with E-state index in [0.29, 0.717) is 11.1 Å². The van der Waals surface area contributed by atoms with Crippen molar-refractivity contribution in [3.8, 4) is 0 Å². The molecule has 1 heterocycles. The Labute approximate surface area is 145 Å². The molecular weight excluding hydrogens is 320 g/mol. The highest BCUT2D eigenvalue weighted by Gasteiger charge is 2.13. The van der Waals surface area contributed by atoms with Crippen LogP contribution in [0.3, 0.4) is 0 Å². The van der Waals surface area contributed by atoms with Crippen molar-refractivity contribution >= 4 is 34.5 Å². The number of fused-ring (bicyclic) bond motifs is 1. The molecule has 24 heavy (non-hydrogen) atoms. The van der Waals surface area contributed by atoms with Gasteiger partial charge in [-0.05, 0) is 36.1 Å². The largest absolute Gasteiger partial charge is 0.431 e. The number of aromatic nitrogens is 1. The molecule has 4 nitrogen and oxygen atoms in total. The first kappa shape index (κ1) is 16.6. The summed E-state index contributed by atoms with van der Waals surface area (Å²) in [7, 11) is 0. The van der Waals surface area contributed by atoms with Crippen LogP contribution in [-0.2, 0) is 4.79 Å². The number of anilines is 1. The summed E-state index contributed by atoms with van der Waals surface area (Å²) in [6, 6.07) is 15.5. The highest BCUT2D eigenvalue weighted by molar-refractivity contribution is 7.99. The fourth-order valence-electron chi connectivity index (χ4n) is 2.49. The predicted molar refractivity (Wildman–Crippen MR) is 98.5 cm³/mol. The molecule has 2 aromatic carbocycles. The number of nitrogens with zero attached hydrogens (tertiary/aromatic N) is 1. The Kier molecular flexibility index (Phi) is 5.20. The molecule has 1 aromatic heterocycles. The summed E-state index contributed by atoms with van der Waals surface area (Å²) >= 11 is 1.30. The van der Waals surface area contributed by atoms with Gasteiger partial charge in [0.1, 0.15) is 5.52 Å². The summed E-state index contributed by atoms with van der Waals surface area (Å²) in [5.74, 6) is 0.617. The number of nitrogens with one attached hydrogen (secondary N) is 1. The van der Waals surface area contributed by atoms with E-state index in [-0.39, 0.29) is 11.7 Å². The lowest BCUT2D eigenvalue weighted by molar-refractivity contribution is -0.113. The normalized spacial score (nSPS) is 12.2. The van der Waals surface area contributed by atoms with Gasteiger partial charge < -0.3 is 9.73 Å². The lowest BCUT2D eigenvalue weighted by atomic mass is 9.97. The standard InChI is InChI=1S/C19H20N2O2S/c1-3-13(2)14-8-4-5-9-15(14)20-18(22)12-24-19-21-16-10-6-7-11-17(16)23-19/h4-11,13H,3,12H2,1-2H3,(H,20,22)/t13-/m1/s1. The molecule has 0 aliphatic carbocycles. The molecule has 0 fully saturated rings. The van der Waals surface area contributed by atoms with Crippen molar-refractivity contribution < 1.29 is 9.21 Å². The Morgan fingerprint density at radius 3 is 2.75 bits per heavy atom. The quantitative estimate of drug-likeness (QED) is 0.636. The van der Waals surface area contributed by atoms with E-state index in [4.69, 9.17) is 4.42 Å². The average molecular weight is 340 g/mol. The Hall–Kier alpha value is -2.27. The molecule has 1 amide bonds. The summed E-state index contributed by atoms with van der Waals surface area (Å²) in [6.07, 6.45) is 1.03. The van der Waals surface area contributed by atoms with Crippen LogP contribution in [0.4, 0.5) is 5.69 Å². The molecule has 0 radical (unpaired) electrons. The third kappa shape index (κ3) is 3.79. The van der Waals surface area contributed by atoms with E-state index in [9.17, 15) is 4.79 Å². The molecule has 5 heteroatoms. The number of amides is 1. The topological polar surface area (TPSA) is 55.1 Å². The van der Waals surface area contributed by atoms with Crippen LogP contribution >= 0.6 is 11.8 Å². The maximum absolute atomic E-state index is 12.3. The van der Waals surface area contributed by atoms with Crippen LogP contribution in [0.25, 0.3) is 11.1 Å². The Morgan fingerprint density at radius 1 is 1.21 bits per heavy atom. The molecular formula is C19H20N2O2S. The first-order valence-electron chi connectivity index (χ1n) is 8.04. The summed E-state index contributed by atoms with van der Waals surface area (Å²) in [4.78, 5) is 16.6. The fraction of sp³-hybridized carbons (Fsp3) is 0.263. The van der Waals surface area contributed by atoms with Crippen LogP contribution < -0.4 is 5.32 Å². The van der Waals surface area contributed by atoms with Crippen molar-refractivity contribution in [3.63, 3.8) is 0 Å². The number of carbonyl (C=O) groups excluding carboxylic acids is 1. The Bertz CT molecular complexity index is 811. The number of carbonyl (C=O) groups is 1. The molecule has 3 rings (SSSR count). The van der Waals surface area contributed by atoms with E-state index in [1.165, 1.54) is 17.3 Å². The number of benzene rings is 2. The van der Waals surface area contributed by atoms with Crippen molar-refractivity contribution in [1.82, 2.24) is 4.98 Å². The Balaban J connectivity index is 1.64. The number of thioether (sulfide) groups is 1. The molecule has 0 aliphatic heterocycles. The van der Waals surface area contributed by atoms with E-state index in [0.717, 1.165) is 23.2 Å². The summed E-state index contributed by atoms with van der Waals surface area (Å²) < 4.78 is 5.62. The van der Waals surface area contributed by atoms with Crippen LogP contribution in [0.15, 0.2) is 58.2 Å². The summed E-state index contributed by atoms with van der Waals surface area (Å²) in [5, 5.41) is 3.52. The number of hydrogen-bond acceptors (Lipinski definition) is 4. The highest BCUT2D eigenvalue weighted by Crippen LogP contribution is 2.27. The van der Waals surface area contributed by atoms with E-state index in [1.54, 1.807) is 0 Å². The summed E-state index contributed by atoms with van der Waals surface area (Å²) in [6.45, 7) is 4.31. The number of hydrogen-bond donors (Lipinski definition) is 1. The molecule has 0 aliphatic rings. The molecule has 0 saturated carbocycles. The zero-order chi connectivity index (χ0) is 16.9. The van der Waals surface area contributed by atoms with Crippen molar-refractivity contribution in [2.75, 3.05) is 11.1 Å². The minimum Gasteiger partial charge on any atom is -0.431 e. The van der Waals surface area contributed by atoms with Gasteiger partial charge in [-0.3, -0.25) is 4.79 Å². The van der Waals surface area contributed by atoms with Gasteiger partial charge in [0.25, 0.3) is 5.22 Å². The number of oxazole rings is 1. The molecule has 0 bridgehead atoms. The van der Waals surface area contributed by atoms with E-state index in [2.05, 4.69) is 30.2 Å². The van der Waals surface area contributed by atoms with E-state index < -0.39 is 0 Å². The predicted octanol–water partition coefficient (Wildman–Crippen LogP) is 5.07. The van der Waals surface area contributed by atoms with Gasteiger partial charge in [-0.1, -0.05) is 55.9 Å². The van der Waals surface area contributed by atoms with Crippen LogP contribution in [-0.4, -0.2) is 16.6 Å². The number of rotatable bonds is 6. The lowest BCUT2D eigenvalue weighted by Gasteiger charge is -2.15. The van der Waals surface area contributed by atoms with Gasteiger partial charge in [0, 0.05) is 5.69 Å². The van der Waals surface area contributed by atoms with Crippen LogP contribution in [0, 0.1) is 0 Å². The van der Waals surface area contributed by atoms with Gasteiger partial charge in [0.2, 0.25) is 5.91 Å². The first-order chi connectivity index (χ1) is 11.7. The van der Waals surface area contributed by atoms with Crippen molar-refractivity contribution in [2.24, 2.45) is 0 Å². The maximum Gasteiger partial charge on any atom is 0.257 e. The molecule has 124 valence electrons. The van der Waals surface area contributed by atoms with Gasteiger partial charge in [-0.2, -0.15) is 0 Å². The van der Waals surface area contributed by atoms with Gasteiger partial charge in [0.05, 0.1) is 5.75 Å².